The molecule has 0 aliphatic carbocycles. The summed E-state index contributed by atoms with van der Waals surface area (Å²) in [6, 6.07) is 8.53. The summed E-state index contributed by atoms with van der Waals surface area (Å²) in [6.45, 7) is 2.22. The lowest BCUT2D eigenvalue weighted by molar-refractivity contribution is 0.577. The van der Waals surface area contributed by atoms with Gasteiger partial charge >= 0.3 is 0 Å². The Kier molecular flexibility index (Phi) is 7.84. The SMILES string of the molecule is CCSCCC(CBr)Cc1ccccc1Br. The lowest BCUT2D eigenvalue weighted by Gasteiger charge is -2.14. The molecule has 1 rings (SSSR count). The maximum absolute atomic E-state index is 3.63. The summed E-state index contributed by atoms with van der Waals surface area (Å²) in [5.74, 6) is 3.25. The third-order valence-corrected chi connectivity index (χ3v) is 5.18. The van der Waals surface area contributed by atoms with Gasteiger partial charge in [0.15, 0.2) is 0 Å². The van der Waals surface area contributed by atoms with Crippen LogP contribution < -0.4 is 0 Å². The largest absolute Gasteiger partial charge is 0.162 e. The first-order chi connectivity index (χ1) is 7.77. The molecule has 1 aromatic carbocycles. The zero-order valence-corrected chi connectivity index (χ0v) is 13.6. The molecule has 1 atom stereocenters. The molecule has 0 aliphatic heterocycles. The van der Waals surface area contributed by atoms with Crippen LogP contribution in [0.4, 0.5) is 0 Å². The molecule has 16 heavy (non-hydrogen) atoms. The van der Waals surface area contributed by atoms with Crippen LogP contribution in [0.25, 0.3) is 0 Å². The predicted molar refractivity (Wildman–Crippen MR) is 82.7 cm³/mol. The molecule has 0 radical (unpaired) electrons. The van der Waals surface area contributed by atoms with Gasteiger partial charge in [-0.05, 0) is 41.9 Å². The third-order valence-electron chi connectivity index (χ3n) is 2.56. The third kappa shape index (κ3) is 5.24. The molecule has 1 unspecified atom stereocenters. The fourth-order valence-electron chi connectivity index (χ4n) is 1.60. The molecule has 90 valence electrons. The average molecular weight is 366 g/mol. The Morgan fingerprint density at radius 1 is 1.31 bits per heavy atom. The molecule has 0 nitrogen and oxygen atoms in total. The minimum atomic E-state index is 0.748. The van der Waals surface area contributed by atoms with Crippen LogP contribution >= 0.6 is 43.6 Å². The van der Waals surface area contributed by atoms with Crippen molar-refractivity contribution in [1.82, 2.24) is 0 Å². The van der Waals surface area contributed by atoms with E-state index in [-0.39, 0.29) is 0 Å². The monoisotopic (exact) mass is 364 g/mol. The van der Waals surface area contributed by atoms with Crippen molar-refractivity contribution in [3.05, 3.63) is 34.3 Å². The maximum Gasteiger partial charge on any atom is 0.0207 e. The smallest absolute Gasteiger partial charge is 0.0207 e. The van der Waals surface area contributed by atoms with Crippen molar-refractivity contribution in [2.45, 2.75) is 19.8 Å². The molecule has 0 fully saturated rings. The van der Waals surface area contributed by atoms with E-state index in [0.717, 1.165) is 17.7 Å². The number of rotatable bonds is 7. The van der Waals surface area contributed by atoms with Gasteiger partial charge in [0.05, 0.1) is 0 Å². The van der Waals surface area contributed by atoms with E-state index in [9.17, 15) is 0 Å². The highest BCUT2D eigenvalue weighted by molar-refractivity contribution is 9.10. The van der Waals surface area contributed by atoms with Gasteiger partial charge in [-0.15, -0.1) is 0 Å². The average Bonchev–Trinajstić information content (AvgIpc) is 2.30. The van der Waals surface area contributed by atoms with Gasteiger partial charge in [0.2, 0.25) is 0 Å². The summed E-state index contributed by atoms with van der Waals surface area (Å²) in [4.78, 5) is 0. The van der Waals surface area contributed by atoms with E-state index in [1.54, 1.807) is 0 Å². The van der Waals surface area contributed by atoms with Gasteiger partial charge in [-0.3, -0.25) is 0 Å². The minimum absolute atomic E-state index is 0.748. The molecule has 1 aromatic rings. The van der Waals surface area contributed by atoms with Crippen molar-refractivity contribution in [3.8, 4) is 0 Å². The number of benzene rings is 1. The van der Waals surface area contributed by atoms with Crippen LogP contribution in [-0.2, 0) is 6.42 Å². The highest BCUT2D eigenvalue weighted by Gasteiger charge is 2.09. The molecule has 0 saturated carbocycles. The Bertz CT molecular complexity index is 302. The van der Waals surface area contributed by atoms with Gasteiger partial charge in [0.25, 0.3) is 0 Å². The van der Waals surface area contributed by atoms with Gasteiger partial charge < -0.3 is 0 Å². The topological polar surface area (TPSA) is 0 Å². The summed E-state index contributed by atoms with van der Waals surface area (Å²) in [6.07, 6.45) is 2.46. The number of hydrogen-bond donors (Lipinski definition) is 0. The van der Waals surface area contributed by atoms with Crippen molar-refractivity contribution < 1.29 is 0 Å². The molecule has 0 aliphatic rings. The Balaban J connectivity index is 2.46. The molecular weight excluding hydrogens is 348 g/mol. The minimum Gasteiger partial charge on any atom is -0.162 e. The first kappa shape index (κ1) is 14.6. The van der Waals surface area contributed by atoms with Crippen LogP contribution in [0.5, 0.6) is 0 Å². The van der Waals surface area contributed by atoms with Gasteiger partial charge in [-0.2, -0.15) is 11.8 Å². The Morgan fingerprint density at radius 2 is 2.06 bits per heavy atom. The van der Waals surface area contributed by atoms with E-state index in [2.05, 4.69) is 63.0 Å². The van der Waals surface area contributed by atoms with Crippen molar-refractivity contribution >= 4 is 43.6 Å². The fourth-order valence-corrected chi connectivity index (χ4v) is 3.39. The van der Waals surface area contributed by atoms with Crippen molar-refractivity contribution in [1.29, 1.82) is 0 Å². The number of alkyl halides is 1. The number of halogens is 2. The summed E-state index contributed by atoms with van der Waals surface area (Å²) in [7, 11) is 0. The first-order valence-electron chi connectivity index (χ1n) is 5.65. The highest BCUT2D eigenvalue weighted by atomic mass is 79.9. The van der Waals surface area contributed by atoms with E-state index in [1.807, 2.05) is 11.8 Å². The summed E-state index contributed by atoms with van der Waals surface area (Å²) in [5.41, 5.74) is 1.42. The van der Waals surface area contributed by atoms with Crippen LogP contribution in [0, 0.1) is 5.92 Å². The number of hydrogen-bond acceptors (Lipinski definition) is 1. The molecule has 0 saturated heterocycles. The van der Waals surface area contributed by atoms with Crippen LogP contribution in [0.1, 0.15) is 18.9 Å². The fraction of sp³-hybridized carbons (Fsp3) is 0.538. The Morgan fingerprint density at radius 3 is 2.69 bits per heavy atom. The van der Waals surface area contributed by atoms with Gasteiger partial charge in [0.1, 0.15) is 0 Å². The second kappa shape index (κ2) is 8.60. The van der Waals surface area contributed by atoms with Crippen LogP contribution in [0.2, 0.25) is 0 Å². The zero-order chi connectivity index (χ0) is 11.8. The first-order valence-corrected chi connectivity index (χ1v) is 8.72. The normalized spacial score (nSPS) is 12.7. The molecule has 3 heteroatoms. The van der Waals surface area contributed by atoms with E-state index in [4.69, 9.17) is 0 Å². The van der Waals surface area contributed by atoms with Crippen LogP contribution in [0.3, 0.4) is 0 Å². The standard InChI is InChI=1S/C13H18Br2S/c1-2-16-8-7-11(10-14)9-12-5-3-4-6-13(12)15/h3-6,11H,2,7-10H2,1H3. The van der Waals surface area contributed by atoms with E-state index < -0.39 is 0 Å². The van der Waals surface area contributed by atoms with E-state index in [0.29, 0.717) is 0 Å². The number of thioether (sulfide) groups is 1. The van der Waals surface area contributed by atoms with Crippen LogP contribution in [0.15, 0.2) is 28.7 Å². The Labute approximate surface area is 120 Å². The zero-order valence-electron chi connectivity index (χ0n) is 9.59. The van der Waals surface area contributed by atoms with Gasteiger partial charge in [-0.1, -0.05) is 57.0 Å². The molecule has 0 amide bonds. The highest BCUT2D eigenvalue weighted by Crippen LogP contribution is 2.23. The Hall–Kier alpha value is 0.530. The van der Waals surface area contributed by atoms with E-state index in [1.165, 1.54) is 28.0 Å². The summed E-state index contributed by atoms with van der Waals surface area (Å²) >= 11 is 9.27. The summed E-state index contributed by atoms with van der Waals surface area (Å²) < 4.78 is 1.24. The lowest BCUT2D eigenvalue weighted by Crippen LogP contribution is -2.08. The molecule has 0 spiro atoms. The van der Waals surface area contributed by atoms with Crippen molar-refractivity contribution in [2.24, 2.45) is 5.92 Å². The molecule has 0 heterocycles. The molecular formula is C13H18Br2S. The lowest BCUT2D eigenvalue weighted by atomic mass is 9.99. The molecule has 0 aromatic heterocycles. The van der Waals surface area contributed by atoms with Crippen molar-refractivity contribution in [3.63, 3.8) is 0 Å². The second-order valence-electron chi connectivity index (χ2n) is 3.80. The van der Waals surface area contributed by atoms with Crippen LogP contribution in [-0.4, -0.2) is 16.8 Å². The van der Waals surface area contributed by atoms with E-state index >= 15 is 0 Å². The molecule has 0 bridgehead atoms. The quantitative estimate of drug-likeness (QED) is 0.475. The van der Waals surface area contributed by atoms with Gasteiger partial charge in [-0.25, -0.2) is 0 Å². The van der Waals surface area contributed by atoms with Gasteiger partial charge in [0, 0.05) is 9.80 Å². The summed E-state index contributed by atoms with van der Waals surface area (Å²) in [5, 5.41) is 1.10. The van der Waals surface area contributed by atoms with Crippen molar-refractivity contribution in [2.75, 3.05) is 16.8 Å². The predicted octanol–water partition coefficient (Wildman–Crippen LogP) is 5.15. The maximum atomic E-state index is 3.63. The molecule has 0 N–H and O–H groups in total. The second-order valence-corrected chi connectivity index (χ2v) is 6.70.